The first-order valence-electron chi connectivity index (χ1n) is 7.76. The van der Waals surface area contributed by atoms with Gasteiger partial charge in [-0.3, -0.25) is 9.69 Å². The summed E-state index contributed by atoms with van der Waals surface area (Å²) in [5.74, 6) is 0.165. The third-order valence-corrected chi connectivity index (χ3v) is 4.63. The topological polar surface area (TPSA) is 40.6 Å². The molecule has 112 valence electrons. The molecule has 2 aliphatic heterocycles. The molecule has 0 radical (unpaired) electrons. The van der Waals surface area contributed by atoms with Gasteiger partial charge in [0.2, 0.25) is 0 Å². The van der Waals surface area contributed by atoms with E-state index in [-0.39, 0.29) is 23.9 Å². The molecule has 0 unspecified atom stereocenters. The highest BCUT2D eigenvalue weighted by Gasteiger charge is 2.45. The molecule has 0 N–H and O–H groups in total. The average Bonchev–Trinajstić information content (AvgIpc) is 2.73. The molecule has 0 saturated carbocycles. The predicted octanol–water partition coefficient (Wildman–Crippen LogP) is 2.92. The molecule has 0 aliphatic carbocycles. The van der Waals surface area contributed by atoms with E-state index in [1.54, 1.807) is 4.90 Å². The van der Waals surface area contributed by atoms with Crippen molar-refractivity contribution >= 4 is 11.9 Å². The van der Waals surface area contributed by atoms with Gasteiger partial charge in [0.05, 0.1) is 0 Å². The van der Waals surface area contributed by atoms with Gasteiger partial charge in [-0.25, -0.2) is 4.79 Å². The summed E-state index contributed by atoms with van der Waals surface area (Å²) in [4.78, 5) is 28.1. The number of rotatable bonds is 3. The maximum Gasteiger partial charge on any atom is 0.327 e. The van der Waals surface area contributed by atoms with Crippen molar-refractivity contribution in [1.29, 1.82) is 0 Å². The molecule has 0 aromatic heterocycles. The molecule has 21 heavy (non-hydrogen) atoms. The van der Waals surface area contributed by atoms with Crippen LogP contribution in [0.4, 0.5) is 4.79 Å². The average molecular weight is 286 g/mol. The van der Waals surface area contributed by atoms with Crippen LogP contribution in [-0.2, 0) is 4.79 Å². The summed E-state index contributed by atoms with van der Waals surface area (Å²) < 4.78 is 0. The van der Waals surface area contributed by atoms with E-state index in [9.17, 15) is 9.59 Å². The quantitative estimate of drug-likeness (QED) is 0.802. The highest BCUT2D eigenvalue weighted by molar-refractivity contribution is 6.04. The van der Waals surface area contributed by atoms with Gasteiger partial charge < -0.3 is 4.90 Å². The molecule has 2 aliphatic rings. The zero-order valence-electron chi connectivity index (χ0n) is 12.7. The van der Waals surface area contributed by atoms with Crippen molar-refractivity contribution in [2.75, 3.05) is 13.1 Å². The normalized spacial score (nSPS) is 23.4. The van der Waals surface area contributed by atoms with Gasteiger partial charge in [0.1, 0.15) is 6.04 Å². The van der Waals surface area contributed by atoms with Crippen LogP contribution in [0.15, 0.2) is 24.3 Å². The Balaban J connectivity index is 1.73. The van der Waals surface area contributed by atoms with Gasteiger partial charge in [0.15, 0.2) is 0 Å². The maximum absolute atomic E-state index is 12.4. The number of nitrogens with zero attached hydrogens (tertiary/aromatic N) is 2. The minimum absolute atomic E-state index is 0.00124. The van der Waals surface area contributed by atoms with Crippen LogP contribution in [0, 0.1) is 6.92 Å². The van der Waals surface area contributed by atoms with Crippen LogP contribution in [0.2, 0.25) is 0 Å². The summed E-state index contributed by atoms with van der Waals surface area (Å²) in [6, 6.07) is 8.02. The van der Waals surface area contributed by atoms with Crippen LogP contribution < -0.4 is 0 Å². The summed E-state index contributed by atoms with van der Waals surface area (Å²) >= 11 is 0. The molecule has 4 heteroatoms. The fourth-order valence-electron chi connectivity index (χ4n) is 3.29. The molecular formula is C17H22N2O2. The van der Waals surface area contributed by atoms with Gasteiger partial charge in [-0.05, 0) is 37.7 Å². The van der Waals surface area contributed by atoms with Crippen molar-refractivity contribution < 1.29 is 9.59 Å². The first-order chi connectivity index (χ1) is 10.1. The number of benzene rings is 1. The standard InChI is InChI=1S/C17H22N2O2/c1-12-6-8-14(9-7-12)13(2)11-19-16(20)15-5-3-4-10-18(15)17(19)21/h6-9,13,15H,3-5,10-11H2,1-2H3/t13-,15-/m1/s1. The van der Waals surface area contributed by atoms with Crippen LogP contribution in [0.1, 0.15) is 43.2 Å². The van der Waals surface area contributed by atoms with E-state index in [0.717, 1.165) is 25.8 Å². The number of hydrogen-bond acceptors (Lipinski definition) is 2. The molecule has 4 nitrogen and oxygen atoms in total. The maximum atomic E-state index is 12.4. The highest BCUT2D eigenvalue weighted by atomic mass is 16.2. The summed E-state index contributed by atoms with van der Waals surface area (Å²) in [5, 5.41) is 0. The van der Waals surface area contributed by atoms with E-state index in [4.69, 9.17) is 0 Å². The molecule has 1 aromatic rings. The highest BCUT2D eigenvalue weighted by Crippen LogP contribution is 2.28. The van der Waals surface area contributed by atoms with E-state index in [1.807, 2.05) is 0 Å². The number of carbonyl (C=O) groups excluding carboxylic acids is 2. The Morgan fingerprint density at radius 2 is 1.90 bits per heavy atom. The first-order valence-corrected chi connectivity index (χ1v) is 7.76. The summed E-state index contributed by atoms with van der Waals surface area (Å²) in [5.41, 5.74) is 2.39. The second-order valence-electron chi connectivity index (χ2n) is 6.25. The van der Waals surface area contributed by atoms with Gasteiger partial charge in [0.25, 0.3) is 5.91 Å². The van der Waals surface area contributed by atoms with Crippen LogP contribution in [0.5, 0.6) is 0 Å². The fourth-order valence-corrected chi connectivity index (χ4v) is 3.29. The second kappa shape index (κ2) is 5.51. The zero-order valence-corrected chi connectivity index (χ0v) is 12.7. The number of amides is 3. The predicted molar refractivity (Wildman–Crippen MR) is 81.0 cm³/mol. The number of carbonyl (C=O) groups is 2. The Morgan fingerprint density at radius 1 is 1.19 bits per heavy atom. The summed E-state index contributed by atoms with van der Waals surface area (Å²) in [7, 11) is 0. The molecule has 3 rings (SSSR count). The van der Waals surface area contributed by atoms with Crippen LogP contribution in [-0.4, -0.2) is 40.9 Å². The van der Waals surface area contributed by atoms with Crippen LogP contribution in [0.3, 0.4) is 0 Å². The minimum Gasteiger partial charge on any atom is -0.312 e. The molecule has 0 spiro atoms. The SMILES string of the molecule is Cc1ccc([C@H](C)CN2C(=O)[C@H]3CCCCN3C2=O)cc1. The molecule has 2 atom stereocenters. The number of fused-ring (bicyclic) bond motifs is 1. The molecule has 2 heterocycles. The third-order valence-electron chi connectivity index (χ3n) is 4.63. The van der Waals surface area contributed by atoms with Crippen LogP contribution in [0.25, 0.3) is 0 Å². The van der Waals surface area contributed by atoms with Gasteiger partial charge in [-0.1, -0.05) is 36.8 Å². The lowest BCUT2D eigenvalue weighted by molar-refractivity contribution is -0.129. The smallest absolute Gasteiger partial charge is 0.312 e. The molecule has 1 aromatic carbocycles. The first kappa shape index (κ1) is 14.1. The van der Waals surface area contributed by atoms with Gasteiger partial charge in [-0.15, -0.1) is 0 Å². The van der Waals surface area contributed by atoms with Crippen molar-refractivity contribution in [3.05, 3.63) is 35.4 Å². The van der Waals surface area contributed by atoms with Gasteiger partial charge >= 0.3 is 6.03 Å². The van der Waals surface area contributed by atoms with Crippen LogP contribution >= 0.6 is 0 Å². The second-order valence-corrected chi connectivity index (χ2v) is 6.25. The lowest BCUT2D eigenvalue weighted by Gasteiger charge is -2.26. The number of piperidine rings is 1. The number of imide groups is 1. The van der Waals surface area contributed by atoms with Crippen molar-refractivity contribution in [3.63, 3.8) is 0 Å². The number of aryl methyl sites for hydroxylation is 1. The summed E-state index contributed by atoms with van der Waals surface area (Å²) in [6.07, 6.45) is 2.87. The van der Waals surface area contributed by atoms with E-state index in [0.29, 0.717) is 6.54 Å². The molecule has 0 bridgehead atoms. The monoisotopic (exact) mass is 286 g/mol. The Bertz CT molecular complexity index is 528. The number of urea groups is 1. The van der Waals surface area contributed by atoms with Gasteiger partial charge in [-0.2, -0.15) is 0 Å². The Morgan fingerprint density at radius 3 is 2.57 bits per heavy atom. The van der Waals surface area contributed by atoms with E-state index in [1.165, 1.54) is 16.0 Å². The van der Waals surface area contributed by atoms with E-state index >= 15 is 0 Å². The van der Waals surface area contributed by atoms with Crippen molar-refractivity contribution in [3.8, 4) is 0 Å². The van der Waals surface area contributed by atoms with Crippen molar-refractivity contribution in [2.45, 2.75) is 45.1 Å². The van der Waals surface area contributed by atoms with E-state index in [2.05, 4.69) is 38.1 Å². The lowest BCUT2D eigenvalue weighted by Crippen LogP contribution is -2.39. The van der Waals surface area contributed by atoms with Gasteiger partial charge in [0, 0.05) is 13.1 Å². The van der Waals surface area contributed by atoms with Crippen molar-refractivity contribution in [2.24, 2.45) is 0 Å². The zero-order chi connectivity index (χ0) is 15.0. The fraction of sp³-hybridized carbons (Fsp3) is 0.529. The van der Waals surface area contributed by atoms with Crippen molar-refractivity contribution in [1.82, 2.24) is 9.80 Å². The summed E-state index contributed by atoms with van der Waals surface area (Å²) in [6.45, 7) is 5.33. The third kappa shape index (κ3) is 2.55. The lowest BCUT2D eigenvalue weighted by atomic mass is 9.99. The van der Waals surface area contributed by atoms with E-state index < -0.39 is 0 Å². The largest absolute Gasteiger partial charge is 0.327 e. The number of hydrogen-bond donors (Lipinski definition) is 0. The molecular weight excluding hydrogens is 264 g/mol. The molecule has 3 amide bonds. The Kier molecular flexibility index (Phi) is 3.70. The molecule has 2 fully saturated rings. The Hall–Kier alpha value is -1.84. The minimum atomic E-state index is -0.198. The Labute approximate surface area is 125 Å². The molecule has 2 saturated heterocycles.